The van der Waals surface area contributed by atoms with Crippen LogP contribution in [-0.2, 0) is 32.9 Å². The van der Waals surface area contributed by atoms with E-state index in [0.717, 1.165) is 76.5 Å². The van der Waals surface area contributed by atoms with Gasteiger partial charge in [0.2, 0.25) is 0 Å². The molecule has 322 valence electrons. The minimum absolute atomic E-state index is 0.175. The lowest BCUT2D eigenvalue weighted by molar-refractivity contribution is -0.161. The van der Waals surface area contributed by atoms with Gasteiger partial charge in [-0.2, -0.15) is 0 Å². The van der Waals surface area contributed by atoms with Crippen LogP contribution in [0.25, 0.3) is 0 Å². The summed E-state index contributed by atoms with van der Waals surface area (Å²) in [5.74, 6) is 0.0830. The van der Waals surface area contributed by atoms with E-state index in [1.807, 2.05) is 12.2 Å². The Balaban J connectivity index is 3.89. The molecule has 0 spiro atoms. The molecule has 0 saturated carbocycles. The van der Waals surface area contributed by atoms with Crippen LogP contribution in [0, 0.1) is 5.92 Å². The van der Waals surface area contributed by atoms with Crippen LogP contribution in [0.3, 0.4) is 0 Å². The summed E-state index contributed by atoms with van der Waals surface area (Å²) >= 11 is 0. The first-order chi connectivity index (χ1) is 26.5. The number of phosphoric acid groups is 1. The number of allylic oxidation sites excluding steroid dienone is 4. The smallest absolute Gasteiger partial charge is 0.462 e. The van der Waals surface area contributed by atoms with Gasteiger partial charge in [-0.25, -0.2) is 4.57 Å². The van der Waals surface area contributed by atoms with E-state index in [-0.39, 0.29) is 25.2 Å². The Morgan fingerprint density at radius 2 is 1.02 bits per heavy atom. The Morgan fingerprint density at radius 3 is 1.51 bits per heavy atom. The zero-order valence-corrected chi connectivity index (χ0v) is 36.4. The lowest BCUT2D eigenvalue weighted by atomic mass is 10.0. The summed E-state index contributed by atoms with van der Waals surface area (Å²) < 4.78 is 26.4. The van der Waals surface area contributed by atoms with Crippen LogP contribution < -0.4 is 0 Å². The number of unbranched alkanes of at least 4 members (excludes halogenated alkanes) is 24. The quantitative estimate of drug-likeness (QED) is 0.0204. The third kappa shape index (κ3) is 43.2. The minimum Gasteiger partial charge on any atom is -0.462 e. The molecule has 0 unspecified atom stereocenters. The molecule has 0 saturated heterocycles. The highest BCUT2D eigenvalue weighted by atomic mass is 31.2. The number of rotatable bonds is 41. The summed E-state index contributed by atoms with van der Waals surface area (Å²) in [6, 6.07) is 0. The molecule has 1 atom stereocenters. The first kappa shape index (κ1) is 53.2. The molecule has 55 heavy (non-hydrogen) atoms. The Kier molecular flexibility index (Phi) is 37.8. The van der Waals surface area contributed by atoms with Gasteiger partial charge in [0.15, 0.2) is 11.9 Å². The summed E-state index contributed by atoms with van der Waals surface area (Å²) in [5.41, 5.74) is 0. The van der Waals surface area contributed by atoms with Gasteiger partial charge in [0.1, 0.15) is 6.61 Å². The Morgan fingerprint density at radius 1 is 0.564 bits per heavy atom. The molecule has 0 radical (unpaired) electrons. The summed E-state index contributed by atoms with van der Waals surface area (Å²) in [5, 5.41) is 0. The summed E-state index contributed by atoms with van der Waals surface area (Å²) in [4.78, 5) is 54.6. The van der Waals surface area contributed by atoms with Crippen molar-refractivity contribution in [2.75, 3.05) is 13.2 Å². The van der Waals surface area contributed by atoms with Crippen LogP contribution >= 0.6 is 7.82 Å². The van der Waals surface area contributed by atoms with Crippen LogP contribution in [0.5, 0.6) is 0 Å². The van der Waals surface area contributed by atoms with E-state index in [9.17, 15) is 18.9 Å². The summed E-state index contributed by atoms with van der Waals surface area (Å²) in [7, 11) is -4.77. The van der Waals surface area contributed by atoms with Crippen molar-refractivity contribution >= 4 is 25.5 Å². The number of carbonyl (C=O) groups is 3. The molecule has 0 aliphatic heterocycles. The number of hydrogen-bond donors (Lipinski definition) is 2. The Bertz CT molecular complexity index is 1020. The molecule has 10 heteroatoms. The molecule has 0 aromatic rings. The van der Waals surface area contributed by atoms with Crippen LogP contribution in [0.2, 0.25) is 0 Å². The van der Waals surface area contributed by atoms with Crippen molar-refractivity contribution in [2.45, 2.75) is 226 Å². The second kappa shape index (κ2) is 39.0. The zero-order valence-electron chi connectivity index (χ0n) is 35.5. The van der Waals surface area contributed by atoms with Gasteiger partial charge in [0.05, 0.1) is 6.61 Å². The number of hydrogen-bond acceptors (Lipinski definition) is 7. The molecule has 0 aliphatic carbocycles. The van der Waals surface area contributed by atoms with Crippen LogP contribution in [0.1, 0.15) is 220 Å². The van der Waals surface area contributed by atoms with Crippen molar-refractivity contribution in [1.82, 2.24) is 0 Å². The highest BCUT2D eigenvalue weighted by molar-refractivity contribution is 7.46. The van der Waals surface area contributed by atoms with Gasteiger partial charge in [0.25, 0.3) is 0 Å². The van der Waals surface area contributed by atoms with Gasteiger partial charge in [0, 0.05) is 19.3 Å². The van der Waals surface area contributed by atoms with E-state index < -0.39 is 32.5 Å². The van der Waals surface area contributed by atoms with Crippen molar-refractivity contribution in [3.05, 3.63) is 24.3 Å². The maximum absolute atomic E-state index is 12.4. The number of phosphoric ester groups is 1. The van der Waals surface area contributed by atoms with E-state index in [4.69, 9.17) is 19.3 Å². The van der Waals surface area contributed by atoms with Crippen LogP contribution in [0.15, 0.2) is 24.3 Å². The maximum atomic E-state index is 12.4. The maximum Gasteiger partial charge on any atom is 0.469 e. The van der Waals surface area contributed by atoms with Gasteiger partial charge in [-0.15, -0.1) is 0 Å². The molecule has 0 aliphatic rings. The largest absolute Gasteiger partial charge is 0.469 e. The average molecular weight is 799 g/mol. The molecular formula is C45H83O9P. The van der Waals surface area contributed by atoms with E-state index in [2.05, 4.69) is 31.4 Å². The Labute approximate surface area is 336 Å². The normalized spacial score (nSPS) is 12.6. The highest BCUT2D eigenvalue weighted by Crippen LogP contribution is 2.36. The molecule has 0 heterocycles. The van der Waals surface area contributed by atoms with Crippen molar-refractivity contribution in [1.29, 1.82) is 0 Å². The van der Waals surface area contributed by atoms with E-state index in [1.165, 1.54) is 96.3 Å². The monoisotopic (exact) mass is 799 g/mol. The highest BCUT2D eigenvalue weighted by Gasteiger charge is 2.23. The van der Waals surface area contributed by atoms with Crippen molar-refractivity contribution in [3.8, 4) is 0 Å². The number of carbonyl (C=O) groups excluding carboxylic acids is 3. The van der Waals surface area contributed by atoms with E-state index in [1.54, 1.807) is 6.08 Å². The van der Waals surface area contributed by atoms with Crippen molar-refractivity contribution in [2.24, 2.45) is 5.92 Å². The second-order valence-electron chi connectivity index (χ2n) is 15.9. The molecule has 0 aromatic carbocycles. The molecule has 0 amide bonds. The molecule has 0 fully saturated rings. The number of esters is 2. The predicted molar refractivity (Wildman–Crippen MR) is 226 cm³/mol. The third-order valence-electron chi connectivity index (χ3n) is 9.88. The van der Waals surface area contributed by atoms with Crippen molar-refractivity contribution < 1.29 is 42.7 Å². The zero-order chi connectivity index (χ0) is 40.7. The third-order valence-corrected chi connectivity index (χ3v) is 10.4. The summed E-state index contributed by atoms with van der Waals surface area (Å²) in [6.45, 7) is 5.88. The molecule has 0 bridgehead atoms. The van der Waals surface area contributed by atoms with Gasteiger partial charge < -0.3 is 19.3 Å². The average Bonchev–Trinajstić information content (AvgIpc) is 3.13. The first-order valence-corrected chi connectivity index (χ1v) is 24.0. The fourth-order valence-corrected chi connectivity index (χ4v) is 6.84. The van der Waals surface area contributed by atoms with Crippen molar-refractivity contribution in [3.63, 3.8) is 0 Å². The topological polar surface area (TPSA) is 136 Å². The minimum atomic E-state index is -4.77. The number of ketones is 1. The molecule has 2 N–H and O–H groups in total. The first-order valence-electron chi connectivity index (χ1n) is 22.4. The standard InChI is InChI=1S/C45H83O9P/c1-4-5-29-35-42(46)36-31-26-22-18-16-20-23-27-32-37-44(47)52-39-43(40-53-55(49,50)51)54-45(48)38-33-28-24-19-15-13-11-9-7-6-8-10-12-14-17-21-25-30-34-41(2)3/h22,26,31,36,41,43H,4-21,23-25,27-30,32-35,37-40H2,1-3H3,(H2,49,50,51)/b26-22-,36-31+/t43-/m1/s1. The van der Waals surface area contributed by atoms with E-state index in [0.29, 0.717) is 19.3 Å². The molecule has 0 rings (SSSR count). The molecule has 9 nitrogen and oxygen atoms in total. The van der Waals surface area contributed by atoms with Gasteiger partial charge >= 0.3 is 19.8 Å². The SMILES string of the molecule is CCCCCC(=O)/C=C/C=C\CCCCCCCC(=O)OC[C@H](COP(=O)(O)O)OC(=O)CCCCCCCCCCCCCCCCCCCCC(C)C. The second-order valence-corrected chi connectivity index (χ2v) is 17.1. The lowest BCUT2D eigenvalue weighted by Crippen LogP contribution is -2.29. The van der Waals surface area contributed by atoms with Gasteiger partial charge in [-0.05, 0) is 44.1 Å². The number of ether oxygens (including phenoxy) is 2. The fourth-order valence-electron chi connectivity index (χ4n) is 6.48. The van der Waals surface area contributed by atoms with Crippen LogP contribution in [-0.4, -0.2) is 46.8 Å². The lowest BCUT2D eigenvalue weighted by Gasteiger charge is -2.18. The molecule has 0 aromatic heterocycles. The predicted octanol–water partition coefficient (Wildman–Crippen LogP) is 13.0. The fraction of sp³-hybridized carbons (Fsp3) is 0.844. The Hall–Kier alpha value is -1.80. The van der Waals surface area contributed by atoms with Gasteiger partial charge in [-0.3, -0.25) is 18.9 Å². The van der Waals surface area contributed by atoms with E-state index >= 15 is 0 Å². The molecular weight excluding hydrogens is 715 g/mol. The van der Waals surface area contributed by atoms with Crippen LogP contribution in [0.4, 0.5) is 0 Å². The summed E-state index contributed by atoms with van der Waals surface area (Å²) in [6.07, 6.45) is 40.3. The van der Waals surface area contributed by atoms with Gasteiger partial charge in [-0.1, -0.05) is 187 Å².